The zero-order valence-electron chi connectivity index (χ0n) is 18.0. The van der Waals surface area contributed by atoms with Crippen LogP contribution in [0.5, 0.6) is 0 Å². The molecule has 1 aliphatic rings. The molecule has 1 aromatic carbocycles. The monoisotopic (exact) mass is 427 g/mol. The Kier molecular flexibility index (Phi) is 6.47. The number of hydrogen-bond acceptors (Lipinski definition) is 8. The van der Waals surface area contributed by atoms with Gasteiger partial charge in [-0.1, -0.05) is 13.8 Å². The third-order valence-corrected chi connectivity index (χ3v) is 5.06. The lowest BCUT2D eigenvalue weighted by molar-refractivity contribution is -0.384. The number of esters is 1. The fraction of sp³-hybridized carbons (Fsp3) is 0.429. The number of benzene rings is 1. The van der Waals surface area contributed by atoms with E-state index in [1.54, 1.807) is 4.90 Å². The van der Waals surface area contributed by atoms with Crippen molar-refractivity contribution in [3.05, 3.63) is 57.0 Å². The third-order valence-electron chi connectivity index (χ3n) is 5.06. The van der Waals surface area contributed by atoms with Crippen LogP contribution in [0.4, 0.5) is 11.5 Å². The molecule has 1 aliphatic heterocycles. The number of methoxy groups -OCH3 is 1. The first-order valence-corrected chi connectivity index (χ1v) is 9.97. The normalized spacial score (nSPS) is 14.0. The van der Waals surface area contributed by atoms with Gasteiger partial charge >= 0.3 is 5.97 Å². The van der Waals surface area contributed by atoms with Gasteiger partial charge in [0.1, 0.15) is 11.6 Å². The van der Waals surface area contributed by atoms with E-state index in [1.165, 1.54) is 19.2 Å². The quantitative estimate of drug-likeness (QED) is 0.406. The van der Waals surface area contributed by atoms with Crippen molar-refractivity contribution in [2.45, 2.75) is 26.7 Å². The number of nitro benzene ring substituents is 1. The molecule has 0 bridgehead atoms. The van der Waals surface area contributed by atoms with Gasteiger partial charge < -0.3 is 14.5 Å². The zero-order valence-corrected chi connectivity index (χ0v) is 18.0. The highest BCUT2D eigenvalue weighted by Gasteiger charge is 2.26. The number of carbonyl (C=O) groups excluding carboxylic acids is 2. The molecule has 10 nitrogen and oxygen atoms in total. The molecular weight excluding hydrogens is 402 g/mol. The maximum Gasteiger partial charge on any atom is 0.338 e. The average Bonchev–Trinajstić information content (AvgIpc) is 2.77. The highest BCUT2D eigenvalue weighted by molar-refractivity contribution is 5.99. The van der Waals surface area contributed by atoms with Crippen molar-refractivity contribution < 1.29 is 19.2 Å². The van der Waals surface area contributed by atoms with Gasteiger partial charge in [0.05, 0.1) is 17.6 Å². The summed E-state index contributed by atoms with van der Waals surface area (Å²) in [7, 11) is 1.18. The Morgan fingerprint density at radius 3 is 2.29 bits per heavy atom. The molecule has 2 heterocycles. The molecule has 0 saturated carbocycles. The SMILES string of the molecule is COC(=O)c1cc(C(=O)N2CCN(c3cc(C)nc(C(C)C)n3)CC2)cc([N+](=O)[O-])c1. The van der Waals surface area contributed by atoms with Crippen molar-refractivity contribution >= 4 is 23.4 Å². The predicted octanol–water partition coefficient (Wildman–Crippen LogP) is 2.57. The molecule has 1 fully saturated rings. The molecule has 0 N–H and O–H groups in total. The third kappa shape index (κ3) is 4.96. The Hall–Kier alpha value is -3.56. The Morgan fingerprint density at radius 1 is 1.06 bits per heavy atom. The first-order valence-electron chi connectivity index (χ1n) is 9.97. The Labute approximate surface area is 180 Å². The number of aryl methyl sites for hydroxylation is 1. The Bertz CT molecular complexity index is 1020. The number of anilines is 1. The molecule has 31 heavy (non-hydrogen) atoms. The maximum absolute atomic E-state index is 13.0. The topological polar surface area (TPSA) is 119 Å². The van der Waals surface area contributed by atoms with Crippen LogP contribution in [0.3, 0.4) is 0 Å². The van der Waals surface area contributed by atoms with Gasteiger partial charge in [0.15, 0.2) is 0 Å². The van der Waals surface area contributed by atoms with E-state index in [4.69, 9.17) is 0 Å². The van der Waals surface area contributed by atoms with Crippen LogP contribution in [0.15, 0.2) is 24.3 Å². The smallest absolute Gasteiger partial charge is 0.338 e. The molecule has 0 unspecified atom stereocenters. The van der Waals surface area contributed by atoms with Gasteiger partial charge in [-0.05, 0) is 13.0 Å². The number of hydrogen-bond donors (Lipinski definition) is 0. The number of ether oxygens (including phenoxy) is 1. The molecule has 1 saturated heterocycles. The molecule has 1 amide bonds. The highest BCUT2D eigenvalue weighted by Crippen LogP contribution is 2.22. The minimum atomic E-state index is -0.734. The number of carbonyl (C=O) groups is 2. The largest absolute Gasteiger partial charge is 0.465 e. The van der Waals surface area contributed by atoms with Crippen LogP contribution < -0.4 is 4.90 Å². The van der Waals surface area contributed by atoms with Crippen molar-refractivity contribution in [2.24, 2.45) is 0 Å². The van der Waals surface area contributed by atoms with Crippen molar-refractivity contribution in [3.8, 4) is 0 Å². The van der Waals surface area contributed by atoms with E-state index in [-0.39, 0.29) is 28.6 Å². The standard InChI is InChI=1S/C21H25N5O5/c1-13(2)19-22-14(3)9-18(23-19)24-5-7-25(8-6-24)20(27)15-10-16(21(28)31-4)12-17(11-15)26(29)30/h9-13H,5-8H2,1-4H3. The van der Waals surface area contributed by atoms with Crippen molar-refractivity contribution in [3.63, 3.8) is 0 Å². The average molecular weight is 427 g/mol. The number of non-ortho nitro benzene ring substituents is 1. The lowest BCUT2D eigenvalue weighted by atomic mass is 10.1. The van der Waals surface area contributed by atoms with Gasteiger partial charge in [0.2, 0.25) is 0 Å². The van der Waals surface area contributed by atoms with Gasteiger partial charge in [0, 0.05) is 61.6 Å². The summed E-state index contributed by atoms with van der Waals surface area (Å²) in [6.07, 6.45) is 0. The molecule has 164 valence electrons. The summed E-state index contributed by atoms with van der Waals surface area (Å²) in [4.78, 5) is 48.3. The van der Waals surface area contributed by atoms with Crippen molar-refractivity contribution in [1.82, 2.24) is 14.9 Å². The van der Waals surface area contributed by atoms with Gasteiger partial charge in [-0.25, -0.2) is 14.8 Å². The number of nitrogens with zero attached hydrogens (tertiary/aromatic N) is 5. The fourth-order valence-electron chi connectivity index (χ4n) is 3.39. The van der Waals surface area contributed by atoms with E-state index < -0.39 is 10.9 Å². The van der Waals surface area contributed by atoms with E-state index in [1.807, 2.05) is 26.8 Å². The summed E-state index contributed by atoms with van der Waals surface area (Å²) in [6, 6.07) is 5.54. The second-order valence-electron chi connectivity index (χ2n) is 7.68. The summed E-state index contributed by atoms with van der Waals surface area (Å²) in [5, 5.41) is 11.2. The maximum atomic E-state index is 13.0. The summed E-state index contributed by atoms with van der Waals surface area (Å²) >= 11 is 0. The molecular formula is C21H25N5O5. The molecule has 3 rings (SSSR count). The number of amides is 1. The fourth-order valence-corrected chi connectivity index (χ4v) is 3.39. The van der Waals surface area contributed by atoms with Crippen LogP contribution >= 0.6 is 0 Å². The number of nitro groups is 1. The molecule has 10 heteroatoms. The molecule has 0 radical (unpaired) electrons. The van der Waals surface area contributed by atoms with E-state index in [9.17, 15) is 19.7 Å². The number of piperazine rings is 1. The minimum absolute atomic E-state index is 0.0311. The lowest BCUT2D eigenvalue weighted by Crippen LogP contribution is -2.49. The second kappa shape index (κ2) is 9.07. The van der Waals surface area contributed by atoms with Crippen LogP contribution in [0.1, 0.15) is 52.0 Å². The molecule has 0 aliphatic carbocycles. The summed E-state index contributed by atoms with van der Waals surface area (Å²) in [5.74, 6) is 0.712. The van der Waals surface area contributed by atoms with Gasteiger partial charge in [-0.15, -0.1) is 0 Å². The highest BCUT2D eigenvalue weighted by atomic mass is 16.6. The van der Waals surface area contributed by atoms with Crippen LogP contribution in [0.2, 0.25) is 0 Å². The van der Waals surface area contributed by atoms with Crippen LogP contribution in [-0.2, 0) is 4.74 Å². The Morgan fingerprint density at radius 2 is 1.71 bits per heavy atom. The summed E-state index contributed by atoms with van der Waals surface area (Å²) in [6.45, 7) is 7.99. The molecule has 0 atom stereocenters. The Balaban J connectivity index is 1.77. The van der Waals surface area contributed by atoms with Crippen molar-refractivity contribution in [1.29, 1.82) is 0 Å². The van der Waals surface area contributed by atoms with Crippen LogP contribution in [0, 0.1) is 17.0 Å². The van der Waals surface area contributed by atoms with E-state index in [0.717, 1.165) is 23.4 Å². The van der Waals surface area contributed by atoms with E-state index >= 15 is 0 Å². The van der Waals surface area contributed by atoms with Gasteiger partial charge in [-0.2, -0.15) is 0 Å². The molecule has 2 aromatic rings. The summed E-state index contributed by atoms with van der Waals surface area (Å²) < 4.78 is 4.65. The second-order valence-corrected chi connectivity index (χ2v) is 7.68. The first-order chi connectivity index (χ1) is 14.7. The number of rotatable bonds is 5. The van der Waals surface area contributed by atoms with E-state index in [0.29, 0.717) is 26.2 Å². The first kappa shape index (κ1) is 22.1. The van der Waals surface area contributed by atoms with Crippen LogP contribution in [-0.4, -0.2) is 65.0 Å². The van der Waals surface area contributed by atoms with Crippen molar-refractivity contribution in [2.75, 3.05) is 38.2 Å². The molecule has 1 aromatic heterocycles. The lowest BCUT2D eigenvalue weighted by Gasteiger charge is -2.35. The van der Waals surface area contributed by atoms with Gasteiger partial charge in [0.25, 0.3) is 11.6 Å². The zero-order chi connectivity index (χ0) is 22.7. The van der Waals surface area contributed by atoms with E-state index in [2.05, 4.69) is 19.6 Å². The molecule has 0 spiro atoms. The minimum Gasteiger partial charge on any atom is -0.465 e. The summed E-state index contributed by atoms with van der Waals surface area (Å²) in [5.41, 5.74) is 0.612. The number of aromatic nitrogens is 2. The van der Waals surface area contributed by atoms with Gasteiger partial charge in [-0.3, -0.25) is 14.9 Å². The van der Waals surface area contributed by atoms with Crippen LogP contribution in [0.25, 0.3) is 0 Å². The predicted molar refractivity (Wildman–Crippen MR) is 113 cm³/mol.